The number of nitrogens with zero attached hydrogens (tertiary/aromatic N) is 7. The highest BCUT2D eigenvalue weighted by atomic mass is 16.5. The second-order valence-electron chi connectivity index (χ2n) is 8.41. The number of para-hydroxylation sites is 1. The summed E-state index contributed by atoms with van der Waals surface area (Å²) in [5, 5.41) is 13.3. The molecule has 0 bridgehead atoms. The highest BCUT2D eigenvalue weighted by Gasteiger charge is 2.19. The van der Waals surface area contributed by atoms with E-state index in [1.54, 1.807) is 38.4 Å². The van der Waals surface area contributed by atoms with Crippen LogP contribution in [0.1, 0.15) is 10.4 Å². The zero-order valence-corrected chi connectivity index (χ0v) is 21.3. The molecule has 0 unspecified atom stereocenters. The molecule has 0 saturated carbocycles. The number of aryl methyl sites for hydroxylation is 1. The largest absolute Gasteiger partial charge is 0.494 e. The molecule has 0 atom stereocenters. The number of aromatic nitrogens is 6. The monoisotopic (exact) mass is 516 g/mol. The van der Waals surface area contributed by atoms with Crippen molar-refractivity contribution in [2.75, 3.05) is 56.0 Å². The minimum absolute atomic E-state index is 0.261. The lowest BCUT2D eigenvalue weighted by Gasteiger charge is -2.28. The Balaban J connectivity index is 1.43. The van der Waals surface area contributed by atoms with E-state index >= 15 is 0 Å². The van der Waals surface area contributed by atoms with Crippen molar-refractivity contribution in [3.8, 4) is 17.1 Å². The van der Waals surface area contributed by atoms with Gasteiger partial charge in [0.2, 0.25) is 5.95 Å². The summed E-state index contributed by atoms with van der Waals surface area (Å²) >= 11 is 0. The van der Waals surface area contributed by atoms with Crippen LogP contribution in [-0.4, -0.2) is 76.1 Å². The molecule has 4 aromatic rings. The van der Waals surface area contributed by atoms with E-state index in [2.05, 4.69) is 45.9 Å². The first kappa shape index (κ1) is 24.9. The van der Waals surface area contributed by atoms with Crippen LogP contribution in [0.15, 0.2) is 49.1 Å². The van der Waals surface area contributed by atoms with Gasteiger partial charge in [-0.25, -0.2) is 15.0 Å². The third-order valence-corrected chi connectivity index (χ3v) is 5.94. The van der Waals surface area contributed by atoms with Crippen molar-refractivity contribution in [1.29, 1.82) is 0 Å². The van der Waals surface area contributed by atoms with E-state index in [0.717, 1.165) is 18.8 Å². The fourth-order valence-electron chi connectivity index (χ4n) is 4.04. The zero-order valence-electron chi connectivity index (χ0n) is 21.3. The van der Waals surface area contributed by atoms with Gasteiger partial charge in [0, 0.05) is 33.4 Å². The van der Waals surface area contributed by atoms with Gasteiger partial charge < -0.3 is 30.3 Å². The Morgan fingerprint density at radius 1 is 1.05 bits per heavy atom. The molecule has 196 valence electrons. The van der Waals surface area contributed by atoms with Crippen LogP contribution in [0.5, 0.6) is 5.75 Å². The molecule has 13 nitrogen and oxygen atoms in total. The van der Waals surface area contributed by atoms with Crippen LogP contribution in [0.25, 0.3) is 11.4 Å². The van der Waals surface area contributed by atoms with Crippen molar-refractivity contribution in [1.82, 2.24) is 35.0 Å². The van der Waals surface area contributed by atoms with E-state index in [-0.39, 0.29) is 23.2 Å². The van der Waals surface area contributed by atoms with E-state index < -0.39 is 0 Å². The first-order valence-corrected chi connectivity index (χ1v) is 12.0. The van der Waals surface area contributed by atoms with Crippen molar-refractivity contribution >= 4 is 34.9 Å². The highest BCUT2D eigenvalue weighted by Crippen LogP contribution is 2.36. The lowest BCUT2D eigenvalue weighted by Crippen LogP contribution is -2.36. The number of benzene rings is 1. The maximum absolute atomic E-state index is 12.6. The van der Waals surface area contributed by atoms with Gasteiger partial charge >= 0.3 is 0 Å². The summed E-state index contributed by atoms with van der Waals surface area (Å²) in [5.74, 6) is 1.81. The number of carbonyl (C=O) groups is 1. The molecule has 0 spiro atoms. The van der Waals surface area contributed by atoms with Crippen LogP contribution < -0.4 is 25.6 Å². The number of hydrogen-bond donors (Lipinski definition) is 3. The Labute approximate surface area is 219 Å². The third-order valence-electron chi connectivity index (χ3n) is 5.94. The van der Waals surface area contributed by atoms with E-state index in [1.165, 1.54) is 6.20 Å². The summed E-state index contributed by atoms with van der Waals surface area (Å²) < 4.78 is 12.7. The molecule has 13 heteroatoms. The van der Waals surface area contributed by atoms with Gasteiger partial charge in [0.25, 0.3) is 5.91 Å². The SMILES string of the molecule is CNC(=O)c1cnc(Nc2ccc(N3CCOCC3)cn2)nc1Nc1cccc(-c2ncn(C)n2)c1OC. The predicted molar refractivity (Wildman–Crippen MR) is 142 cm³/mol. The third kappa shape index (κ3) is 5.32. The summed E-state index contributed by atoms with van der Waals surface area (Å²) in [5.41, 5.74) is 2.56. The Morgan fingerprint density at radius 3 is 2.58 bits per heavy atom. The Bertz CT molecular complexity index is 1420. The Kier molecular flexibility index (Phi) is 7.26. The van der Waals surface area contributed by atoms with E-state index in [0.29, 0.717) is 41.9 Å². The summed E-state index contributed by atoms with van der Waals surface area (Å²) in [6, 6.07) is 9.37. The van der Waals surface area contributed by atoms with Crippen molar-refractivity contribution in [2.24, 2.45) is 7.05 Å². The van der Waals surface area contributed by atoms with Gasteiger partial charge in [0.1, 0.15) is 23.5 Å². The second-order valence-corrected chi connectivity index (χ2v) is 8.41. The standard InChI is InChI=1S/C25H28N10O3/c1-26-24(36)18-14-28-25(31-20-8-7-16(13-27-20)35-9-11-38-12-10-35)32-23(18)30-19-6-4-5-17(21(19)37-3)22-29-15-34(2)33-22/h4-8,13-15H,9-12H2,1-3H3,(H,26,36)(H2,27,28,30,31,32). The van der Waals surface area contributed by atoms with E-state index in [9.17, 15) is 4.79 Å². The van der Waals surface area contributed by atoms with Crippen LogP contribution >= 0.6 is 0 Å². The number of morpholine rings is 1. The van der Waals surface area contributed by atoms with Crippen LogP contribution in [-0.2, 0) is 11.8 Å². The number of carbonyl (C=O) groups excluding carboxylic acids is 1. The Morgan fingerprint density at radius 2 is 1.89 bits per heavy atom. The molecule has 1 aromatic carbocycles. The van der Waals surface area contributed by atoms with Crippen LogP contribution in [0.2, 0.25) is 0 Å². The zero-order chi connectivity index (χ0) is 26.5. The number of nitrogens with one attached hydrogen (secondary N) is 3. The molecule has 3 N–H and O–H groups in total. The summed E-state index contributed by atoms with van der Waals surface area (Å²) in [6.07, 6.45) is 4.87. The van der Waals surface area contributed by atoms with Crippen molar-refractivity contribution in [3.63, 3.8) is 0 Å². The van der Waals surface area contributed by atoms with Gasteiger partial charge in [0.15, 0.2) is 11.6 Å². The van der Waals surface area contributed by atoms with Gasteiger partial charge in [0.05, 0.1) is 43.5 Å². The smallest absolute Gasteiger partial charge is 0.256 e. The average Bonchev–Trinajstić information content (AvgIpc) is 3.39. The number of amides is 1. The predicted octanol–water partition coefficient (Wildman–Crippen LogP) is 2.36. The quantitative estimate of drug-likeness (QED) is 0.317. The molecule has 0 radical (unpaired) electrons. The van der Waals surface area contributed by atoms with Gasteiger partial charge in [-0.05, 0) is 24.3 Å². The molecule has 1 fully saturated rings. The van der Waals surface area contributed by atoms with Crippen molar-refractivity contribution < 1.29 is 14.3 Å². The fraction of sp³-hybridized carbons (Fsp3) is 0.280. The molecule has 38 heavy (non-hydrogen) atoms. The molecular weight excluding hydrogens is 488 g/mol. The lowest BCUT2D eigenvalue weighted by molar-refractivity contribution is 0.0963. The van der Waals surface area contributed by atoms with Crippen molar-refractivity contribution in [2.45, 2.75) is 0 Å². The molecular formula is C25H28N10O3. The van der Waals surface area contributed by atoms with Crippen LogP contribution in [0.3, 0.4) is 0 Å². The molecule has 1 aliphatic heterocycles. The van der Waals surface area contributed by atoms with E-state index in [4.69, 9.17) is 9.47 Å². The molecule has 1 saturated heterocycles. The van der Waals surface area contributed by atoms with Crippen LogP contribution in [0.4, 0.5) is 29.0 Å². The molecule has 4 heterocycles. The molecule has 3 aromatic heterocycles. The highest BCUT2D eigenvalue weighted by molar-refractivity contribution is 5.99. The van der Waals surface area contributed by atoms with Crippen LogP contribution in [0, 0.1) is 0 Å². The first-order chi connectivity index (χ1) is 18.6. The topological polar surface area (TPSA) is 144 Å². The van der Waals surface area contributed by atoms with Crippen molar-refractivity contribution in [3.05, 3.63) is 54.6 Å². The minimum atomic E-state index is -0.339. The summed E-state index contributed by atoms with van der Waals surface area (Å²) in [4.78, 5) is 32.5. The summed E-state index contributed by atoms with van der Waals surface area (Å²) in [6.45, 7) is 3.06. The number of pyridine rings is 1. The number of rotatable bonds is 8. The molecule has 1 aliphatic rings. The number of methoxy groups -OCH3 is 1. The summed E-state index contributed by atoms with van der Waals surface area (Å²) in [7, 11) is 4.90. The minimum Gasteiger partial charge on any atom is -0.494 e. The maximum atomic E-state index is 12.6. The maximum Gasteiger partial charge on any atom is 0.256 e. The van der Waals surface area contributed by atoms with Gasteiger partial charge in [-0.3, -0.25) is 9.48 Å². The number of anilines is 5. The Hall–Kier alpha value is -4.78. The molecule has 5 rings (SSSR count). The lowest BCUT2D eigenvalue weighted by atomic mass is 10.1. The fourth-order valence-corrected chi connectivity index (χ4v) is 4.04. The average molecular weight is 517 g/mol. The van der Waals surface area contributed by atoms with E-state index in [1.807, 2.05) is 30.3 Å². The number of hydrogen-bond acceptors (Lipinski definition) is 11. The molecule has 1 amide bonds. The van der Waals surface area contributed by atoms with Gasteiger partial charge in [-0.15, -0.1) is 0 Å². The molecule has 0 aliphatic carbocycles. The number of ether oxygens (including phenoxy) is 2. The second kappa shape index (κ2) is 11.1. The normalized spacial score (nSPS) is 13.2. The first-order valence-electron chi connectivity index (χ1n) is 12.0. The van der Waals surface area contributed by atoms with Gasteiger partial charge in [-0.2, -0.15) is 10.1 Å². The van der Waals surface area contributed by atoms with Gasteiger partial charge in [-0.1, -0.05) is 6.07 Å².